The van der Waals surface area contributed by atoms with Gasteiger partial charge in [0.15, 0.2) is 0 Å². The Balaban J connectivity index is 1.78. The molecule has 2 fully saturated rings. The second-order valence-electron chi connectivity index (χ2n) is 5.87. The van der Waals surface area contributed by atoms with Crippen LogP contribution < -0.4 is 0 Å². The normalized spacial score (nSPS) is 26.8. The van der Waals surface area contributed by atoms with E-state index < -0.39 is 0 Å². The van der Waals surface area contributed by atoms with Gasteiger partial charge in [-0.1, -0.05) is 6.92 Å². The first-order chi connectivity index (χ1) is 8.20. The topological polar surface area (TPSA) is 9.72 Å². The molecule has 0 spiro atoms. The molecule has 2 aliphatic heterocycles. The third-order valence-electron chi connectivity index (χ3n) is 4.84. The van der Waals surface area contributed by atoms with Crippen LogP contribution in [0.15, 0.2) is 0 Å². The summed E-state index contributed by atoms with van der Waals surface area (Å²) in [5, 5.41) is 0. The van der Waals surface area contributed by atoms with Gasteiger partial charge in [0, 0.05) is 12.1 Å². The molecule has 2 saturated heterocycles. The number of hydrogen-bond acceptors (Lipinski definition) is 3. The average Bonchev–Trinajstić information content (AvgIpc) is 2.39. The Morgan fingerprint density at radius 2 is 1.41 bits per heavy atom. The molecular weight excluding hydrogens is 210 g/mol. The lowest BCUT2D eigenvalue weighted by Crippen LogP contribution is -2.50. The van der Waals surface area contributed by atoms with Crippen LogP contribution in [0.1, 0.15) is 32.6 Å². The number of piperidine rings is 2. The van der Waals surface area contributed by atoms with Gasteiger partial charge in [-0.15, -0.1) is 0 Å². The van der Waals surface area contributed by atoms with Gasteiger partial charge in [-0.3, -0.25) is 0 Å². The Hall–Kier alpha value is -0.120. The van der Waals surface area contributed by atoms with Gasteiger partial charge in [-0.05, 0) is 72.5 Å². The molecule has 2 rings (SSSR count). The highest BCUT2D eigenvalue weighted by molar-refractivity contribution is 4.84. The van der Waals surface area contributed by atoms with Crippen LogP contribution in [0.2, 0.25) is 0 Å². The van der Waals surface area contributed by atoms with Crippen molar-refractivity contribution in [1.29, 1.82) is 0 Å². The van der Waals surface area contributed by atoms with Crippen LogP contribution in [0.3, 0.4) is 0 Å². The SMILES string of the molecule is CCN1CCC(N(C)C2CCN(C)CC2)CC1. The van der Waals surface area contributed by atoms with Crippen molar-refractivity contribution >= 4 is 0 Å². The van der Waals surface area contributed by atoms with E-state index in [2.05, 4.69) is 35.7 Å². The average molecular weight is 239 g/mol. The van der Waals surface area contributed by atoms with Crippen molar-refractivity contribution in [3.8, 4) is 0 Å². The molecule has 0 N–H and O–H groups in total. The van der Waals surface area contributed by atoms with Gasteiger partial charge in [0.05, 0.1) is 0 Å². The number of hydrogen-bond donors (Lipinski definition) is 0. The number of nitrogens with zero attached hydrogens (tertiary/aromatic N) is 3. The van der Waals surface area contributed by atoms with Crippen molar-refractivity contribution in [2.24, 2.45) is 0 Å². The van der Waals surface area contributed by atoms with E-state index in [0.717, 1.165) is 12.1 Å². The van der Waals surface area contributed by atoms with Crippen LogP contribution in [0.25, 0.3) is 0 Å². The largest absolute Gasteiger partial charge is 0.306 e. The first-order valence-corrected chi connectivity index (χ1v) is 7.33. The molecule has 0 atom stereocenters. The zero-order valence-electron chi connectivity index (χ0n) is 11.9. The van der Waals surface area contributed by atoms with E-state index in [1.165, 1.54) is 58.4 Å². The van der Waals surface area contributed by atoms with Crippen molar-refractivity contribution in [2.75, 3.05) is 46.8 Å². The molecule has 0 aromatic heterocycles. The Morgan fingerprint density at radius 3 is 1.88 bits per heavy atom. The molecule has 2 aliphatic rings. The Labute approximate surface area is 107 Å². The zero-order chi connectivity index (χ0) is 12.3. The second-order valence-corrected chi connectivity index (χ2v) is 5.87. The molecule has 100 valence electrons. The first-order valence-electron chi connectivity index (χ1n) is 7.33. The summed E-state index contributed by atoms with van der Waals surface area (Å²) < 4.78 is 0. The van der Waals surface area contributed by atoms with E-state index in [4.69, 9.17) is 0 Å². The van der Waals surface area contributed by atoms with Crippen LogP contribution in [-0.4, -0.2) is 73.6 Å². The number of rotatable bonds is 3. The van der Waals surface area contributed by atoms with Gasteiger partial charge in [0.1, 0.15) is 0 Å². The fourth-order valence-electron chi connectivity index (χ4n) is 3.34. The molecule has 3 nitrogen and oxygen atoms in total. The monoisotopic (exact) mass is 239 g/mol. The first kappa shape index (κ1) is 13.3. The van der Waals surface area contributed by atoms with Crippen molar-refractivity contribution < 1.29 is 0 Å². The Kier molecular flexibility index (Phi) is 4.83. The van der Waals surface area contributed by atoms with Gasteiger partial charge < -0.3 is 14.7 Å². The summed E-state index contributed by atoms with van der Waals surface area (Å²) in [6.07, 6.45) is 5.47. The maximum Gasteiger partial charge on any atom is 0.0119 e. The maximum absolute atomic E-state index is 2.69. The van der Waals surface area contributed by atoms with Gasteiger partial charge in [0.2, 0.25) is 0 Å². The smallest absolute Gasteiger partial charge is 0.0119 e. The molecule has 0 radical (unpaired) electrons. The van der Waals surface area contributed by atoms with Crippen molar-refractivity contribution in [3.05, 3.63) is 0 Å². The molecule has 0 bridgehead atoms. The lowest BCUT2D eigenvalue weighted by Gasteiger charge is -2.42. The standard InChI is InChI=1S/C14H29N3/c1-4-17-11-7-14(8-12-17)16(3)13-5-9-15(2)10-6-13/h13-14H,4-12H2,1-3H3. The summed E-state index contributed by atoms with van der Waals surface area (Å²) in [5.41, 5.74) is 0. The van der Waals surface area contributed by atoms with Crippen molar-refractivity contribution in [3.63, 3.8) is 0 Å². The maximum atomic E-state index is 2.69. The van der Waals surface area contributed by atoms with Crippen LogP contribution in [0.5, 0.6) is 0 Å². The lowest BCUT2D eigenvalue weighted by molar-refractivity contribution is 0.0676. The van der Waals surface area contributed by atoms with Gasteiger partial charge >= 0.3 is 0 Å². The highest BCUT2D eigenvalue weighted by Crippen LogP contribution is 2.22. The van der Waals surface area contributed by atoms with E-state index in [-0.39, 0.29) is 0 Å². The minimum atomic E-state index is 0.837. The molecule has 2 heterocycles. The van der Waals surface area contributed by atoms with Crippen LogP contribution in [0.4, 0.5) is 0 Å². The Bertz CT molecular complexity index is 216. The number of likely N-dealkylation sites (tertiary alicyclic amines) is 2. The summed E-state index contributed by atoms with van der Waals surface area (Å²) in [4.78, 5) is 7.74. The highest BCUT2D eigenvalue weighted by atomic mass is 15.2. The van der Waals surface area contributed by atoms with E-state index in [1.807, 2.05) is 0 Å². The van der Waals surface area contributed by atoms with E-state index in [1.54, 1.807) is 0 Å². The summed E-state index contributed by atoms with van der Waals surface area (Å²) in [6.45, 7) is 8.67. The Morgan fingerprint density at radius 1 is 0.941 bits per heavy atom. The van der Waals surface area contributed by atoms with Crippen LogP contribution in [0, 0.1) is 0 Å². The quantitative estimate of drug-likeness (QED) is 0.739. The van der Waals surface area contributed by atoms with Crippen LogP contribution >= 0.6 is 0 Å². The molecule has 17 heavy (non-hydrogen) atoms. The molecule has 0 amide bonds. The van der Waals surface area contributed by atoms with Crippen molar-refractivity contribution in [1.82, 2.24) is 14.7 Å². The van der Waals surface area contributed by atoms with E-state index >= 15 is 0 Å². The molecular formula is C14H29N3. The molecule has 0 aliphatic carbocycles. The summed E-state index contributed by atoms with van der Waals surface area (Å²) in [7, 11) is 4.61. The molecule has 0 aromatic carbocycles. The predicted octanol–water partition coefficient (Wildman–Crippen LogP) is 1.50. The fraction of sp³-hybridized carbons (Fsp3) is 1.00. The molecule has 3 heteroatoms. The summed E-state index contributed by atoms with van der Waals surface area (Å²) >= 11 is 0. The minimum Gasteiger partial charge on any atom is -0.306 e. The molecule has 0 saturated carbocycles. The van der Waals surface area contributed by atoms with Crippen LogP contribution in [-0.2, 0) is 0 Å². The van der Waals surface area contributed by atoms with E-state index in [9.17, 15) is 0 Å². The second kappa shape index (κ2) is 6.17. The minimum absolute atomic E-state index is 0.837. The highest BCUT2D eigenvalue weighted by Gasteiger charge is 2.28. The van der Waals surface area contributed by atoms with E-state index in [0.29, 0.717) is 0 Å². The fourth-order valence-corrected chi connectivity index (χ4v) is 3.34. The van der Waals surface area contributed by atoms with Gasteiger partial charge in [0.25, 0.3) is 0 Å². The van der Waals surface area contributed by atoms with Crippen molar-refractivity contribution in [2.45, 2.75) is 44.7 Å². The lowest BCUT2D eigenvalue weighted by atomic mass is 9.97. The third kappa shape index (κ3) is 3.43. The van der Waals surface area contributed by atoms with Gasteiger partial charge in [-0.25, -0.2) is 0 Å². The summed E-state index contributed by atoms with van der Waals surface area (Å²) in [6, 6.07) is 1.68. The zero-order valence-corrected chi connectivity index (χ0v) is 11.9. The molecule has 0 aromatic rings. The summed E-state index contributed by atoms with van der Waals surface area (Å²) in [5.74, 6) is 0. The predicted molar refractivity (Wildman–Crippen MR) is 73.4 cm³/mol. The molecule has 0 unspecified atom stereocenters. The van der Waals surface area contributed by atoms with Gasteiger partial charge in [-0.2, -0.15) is 0 Å². The third-order valence-corrected chi connectivity index (χ3v) is 4.84.